The quantitative estimate of drug-likeness (QED) is 0.715. The van der Waals surface area contributed by atoms with Gasteiger partial charge in [-0.3, -0.25) is 4.79 Å². The van der Waals surface area contributed by atoms with Crippen molar-refractivity contribution in [1.82, 2.24) is 4.57 Å². The number of nitrogens with one attached hydrogen (secondary N) is 1. The number of amides is 1. The maximum atomic E-state index is 11.9. The second kappa shape index (κ2) is 6.54. The lowest BCUT2D eigenvalue weighted by Gasteiger charge is -2.03. The number of nitrogens with zero attached hydrogens (tertiary/aromatic N) is 3. The second-order valence-corrected chi connectivity index (χ2v) is 5.56. The molecule has 6 heteroatoms. The van der Waals surface area contributed by atoms with Gasteiger partial charge in [0.25, 0.3) is 5.91 Å². The van der Waals surface area contributed by atoms with Crippen molar-refractivity contribution in [1.29, 1.82) is 0 Å². The van der Waals surface area contributed by atoms with Gasteiger partial charge in [0.1, 0.15) is 0 Å². The summed E-state index contributed by atoms with van der Waals surface area (Å²) in [6.07, 6.45) is 0. The van der Waals surface area contributed by atoms with E-state index in [4.69, 9.17) is 0 Å². The van der Waals surface area contributed by atoms with Crippen LogP contribution in [0.1, 0.15) is 5.56 Å². The highest BCUT2D eigenvalue weighted by Gasteiger charge is 2.13. The molecule has 0 bridgehead atoms. The van der Waals surface area contributed by atoms with Crippen LogP contribution < -0.4 is 5.32 Å². The van der Waals surface area contributed by atoms with Crippen LogP contribution in [-0.4, -0.2) is 22.1 Å². The number of aryl methyl sites for hydroxylation is 2. The summed E-state index contributed by atoms with van der Waals surface area (Å²) in [5, 5.41) is 21.5. The first-order chi connectivity index (χ1) is 11.6. The lowest BCUT2D eigenvalue weighted by atomic mass is 10.2. The van der Waals surface area contributed by atoms with E-state index in [1.807, 2.05) is 55.5 Å². The molecule has 0 unspecified atom stereocenters. The van der Waals surface area contributed by atoms with Gasteiger partial charge in [0.2, 0.25) is 5.88 Å². The van der Waals surface area contributed by atoms with Gasteiger partial charge >= 0.3 is 0 Å². The van der Waals surface area contributed by atoms with Crippen molar-refractivity contribution in [2.45, 2.75) is 6.92 Å². The summed E-state index contributed by atoms with van der Waals surface area (Å²) in [4.78, 5) is 11.9. The monoisotopic (exact) mass is 322 g/mol. The molecule has 1 amide bonds. The molecule has 24 heavy (non-hydrogen) atoms. The molecule has 0 aliphatic heterocycles. The van der Waals surface area contributed by atoms with Crippen LogP contribution in [0.4, 0.5) is 11.4 Å². The molecule has 0 fully saturated rings. The number of benzene rings is 2. The van der Waals surface area contributed by atoms with Crippen molar-refractivity contribution in [2.75, 3.05) is 11.9 Å². The summed E-state index contributed by atoms with van der Waals surface area (Å²) >= 11 is 0. The van der Waals surface area contributed by atoms with Crippen LogP contribution in [0.5, 0.6) is 5.88 Å². The standard InChI is InChI=1S/C18H18N4O2/c1-12-7-9-13(10-8-12)19-11-16(23)20-21-17-14-5-3-4-6-15(14)22(2)18(17)24/h3-10,19,24H,11H2,1-2H3. The van der Waals surface area contributed by atoms with Crippen LogP contribution in [0.3, 0.4) is 0 Å². The van der Waals surface area contributed by atoms with Gasteiger partial charge in [0.15, 0.2) is 5.69 Å². The molecule has 6 nitrogen and oxygen atoms in total. The minimum absolute atomic E-state index is 0.0146. The van der Waals surface area contributed by atoms with Crippen LogP contribution in [0.2, 0.25) is 0 Å². The fraction of sp³-hybridized carbons (Fsp3) is 0.167. The molecule has 0 saturated carbocycles. The van der Waals surface area contributed by atoms with E-state index in [0.717, 1.165) is 22.2 Å². The Morgan fingerprint density at radius 3 is 2.62 bits per heavy atom. The molecular formula is C18H18N4O2. The van der Waals surface area contributed by atoms with Gasteiger partial charge in [-0.2, -0.15) is 0 Å². The fourth-order valence-electron chi connectivity index (χ4n) is 2.45. The molecule has 0 spiro atoms. The Hall–Kier alpha value is -3.15. The topological polar surface area (TPSA) is 79.0 Å². The summed E-state index contributed by atoms with van der Waals surface area (Å²) in [7, 11) is 1.73. The number of carbonyl (C=O) groups is 1. The second-order valence-electron chi connectivity index (χ2n) is 5.56. The van der Waals surface area contributed by atoms with E-state index < -0.39 is 5.91 Å². The Morgan fingerprint density at radius 2 is 1.88 bits per heavy atom. The summed E-state index contributed by atoms with van der Waals surface area (Å²) < 4.78 is 1.61. The van der Waals surface area contributed by atoms with Crippen LogP contribution >= 0.6 is 0 Å². The zero-order chi connectivity index (χ0) is 17.1. The van der Waals surface area contributed by atoms with Crippen LogP contribution in [0, 0.1) is 6.92 Å². The number of rotatable bonds is 4. The van der Waals surface area contributed by atoms with Gasteiger partial charge in [-0.25, -0.2) is 0 Å². The number of fused-ring (bicyclic) bond motifs is 1. The zero-order valence-corrected chi connectivity index (χ0v) is 13.5. The maximum absolute atomic E-state index is 11.9. The first kappa shape index (κ1) is 15.7. The molecule has 0 radical (unpaired) electrons. The molecular weight excluding hydrogens is 304 g/mol. The number of hydrogen-bond acceptors (Lipinski definition) is 4. The first-order valence-electron chi connectivity index (χ1n) is 7.58. The molecule has 0 atom stereocenters. The third-order valence-electron chi connectivity index (χ3n) is 3.81. The Kier molecular flexibility index (Phi) is 4.29. The summed E-state index contributed by atoms with van der Waals surface area (Å²) in [5.74, 6) is -0.429. The van der Waals surface area contributed by atoms with E-state index in [2.05, 4.69) is 15.5 Å². The Balaban J connectivity index is 1.72. The van der Waals surface area contributed by atoms with Gasteiger partial charge in [-0.05, 0) is 25.1 Å². The highest BCUT2D eigenvalue weighted by Crippen LogP contribution is 2.37. The minimum atomic E-state index is -0.414. The number of aromatic nitrogens is 1. The Labute approximate surface area is 139 Å². The zero-order valence-electron chi connectivity index (χ0n) is 13.5. The summed E-state index contributed by atoms with van der Waals surface area (Å²) in [5.41, 5.74) is 3.13. The van der Waals surface area contributed by atoms with Gasteiger partial charge in [0, 0.05) is 18.1 Å². The smallest absolute Gasteiger partial charge is 0.283 e. The third kappa shape index (κ3) is 3.12. The number of azo groups is 1. The molecule has 122 valence electrons. The Morgan fingerprint density at radius 1 is 1.17 bits per heavy atom. The van der Waals surface area contributed by atoms with Crippen molar-refractivity contribution in [3.63, 3.8) is 0 Å². The van der Waals surface area contributed by atoms with Crippen LogP contribution in [0.25, 0.3) is 10.9 Å². The number of para-hydroxylation sites is 1. The van der Waals surface area contributed by atoms with Gasteiger partial charge in [-0.1, -0.05) is 35.9 Å². The molecule has 3 rings (SSSR count). The third-order valence-corrected chi connectivity index (χ3v) is 3.81. The van der Waals surface area contributed by atoms with Crippen molar-refractivity contribution < 1.29 is 9.90 Å². The lowest BCUT2D eigenvalue weighted by molar-refractivity contribution is -0.116. The predicted molar refractivity (Wildman–Crippen MR) is 93.8 cm³/mol. The van der Waals surface area contributed by atoms with E-state index in [9.17, 15) is 9.90 Å². The average molecular weight is 322 g/mol. The van der Waals surface area contributed by atoms with Crippen molar-refractivity contribution in [3.8, 4) is 5.88 Å². The largest absolute Gasteiger partial charge is 0.493 e. The molecule has 2 aromatic carbocycles. The first-order valence-corrected chi connectivity index (χ1v) is 7.58. The minimum Gasteiger partial charge on any atom is -0.493 e. The van der Waals surface area contributed by atoms with E-state index in [1.165, 1.54) is 0 Å². The van der Waals surface area contributed by atoms with E-state index >= 15 is 0 Å². The van der Waals surface area contributed by atoms with Gasteiger partial charge in [-0.15, -0.1) is 10.2 Å². The van der Waals surface area contributed by atoms with Crippen molar-refractivity contribution in [2.24, 2.45) is 17.3 Å². The van der Waals surface area contributed by atoms with Gasteiger partial charge < -0.3 is 15.0 Å². The van der Waals surface area contributed by atoms with Crippen LogP contribution in [-0.2, 0) is 11.8 Å². The summed E-state index contributed by atoms with van der Waals surface area (Å²) in [6.45, 7) is 2.04. The number of hydrogen-bond donors (Lipinski definition) is 2. The molecule has 1 heterocycles. The highest BCUT2D eigenvalue weighted by molar-refractivity contribution is 5.95. The Bertz CT molecular complexity index is 911. The van der Waals surface area contributed by atoms with Crippen LogP contribution in [0.15, 0.2) is 58.8 Å². The molecule has 2 N–H and O–H groups in total. The molecule has 0 saturated heterocycles. The van der Waals surface area contributed by atoms with E-state index in [0.29, 0.717) is 5.69 Å². The SMILES string of the molecule is Cc1ccc(NCC(=O)N=Nc2c(O)n(C)c3ccccc23)cc1. The summed E-state index contributed by atoms with van der Waals surface area (Å²) in [6, 6.07) is 15.1. The molecule has 3 aromatic rings. The predicted octanol–water partition coefficient (Wildman–Crippen LogP) is 3.91. The molecule has 0 aliphatic carbocycles. The van der Waals surface area contributed by atoms with Crippen molar-refractivity contribution in [3.05, 3.63) is 54.1 Å². The fourth-order valence-corrected chi connectivity index (χ4v) is 2.45. The maximum Gasteiger partial charge on any atom is 0.283 e. The normalized spacial score (nSPS) is 11.2. The lowest BCUT2D eigenvalue weighted by Crippen LogP contribution is -2.10. The average Bonchev–Trinajstić information content (AvgIpc) is 2.84. The number of aromatic hydroxyl groups is 1. The molecule has 0 aliphatic rings. The van der Waals surface area contributed by atoms with Crippen molar-refractivity contribution >= 4 is 28.2 Å². The molecule has 1 aromatic heterocycles. The highest BCUT2D eigenvalue weighted by atomic mass is 16.3. The number of anilines is 1. The van der Waals surface area contributed by atoms with E-state index in [1.54, 1.807) is 11.6 Å². The number of carbonyl (C=O) groups excluding carboxylic acids is 1. The van der Waals surface area contributed by atoms with E-state index in [-0.39, 0.29) is 12.4 Å². The van der Waals surface area contributed by atoms with Gasteiger partial charge in [0.05, 0.1) is 12.1 Å².